The molecule has 0 saturated heterocycles. The van der Waals surface area contributed by atoms with Gasteiger partial charge in [0.05, 0.1) is 12.5 Å². The van der Waals surface area contributed by atoms with E-state index < -0.39 is 30.3 Å². The summed E-state index contributed by atoms with van der Waals surface area (Å²) in [5, 5.41) is 13.7. The summed E-state index contributed by atoms with van der Waals surface area (Å²) in [6.07, 6.45) is -0.611. The molecular weight excluding hydrogens is 431 g/mol. The molecule has 0 bridgehead atoms. The van der Waals surface area contributed by atoms with Crippen LogP contribution in [0.4, 0.5) is 18.0 Å². The van der Waals surface area contributed by atoms with Gasteiger partial charge >= 0.3 is 18.4 Å². The summed E-state index contributed by atoms with van der Waals surface area (Å²) in [7, 11) is 0. The van der Waals surface area contributed by atoms with Crippen molar-refractivity contribution in [2.45, 2.75) is 57.9 Å². The molecule has 1 aliphatic rings. The first-order valence-electron chi connectivity index (χ1n) is 10.5. The number of hydroxylamine groups is 1. The molecule has 4 N–H and O–H groups in total. The smallest absolute Gasteiger partial charge is 0.481 e. The van der Waals surface area contributed by atoms with Crippen LogP contribution in [-0.2, 0) is 9.63 Å². The van der Waals surface area contributed by atoms with Gasteiger partial charge in [-0.1, -0.05) is 38.3 Å². The molecule has 0 aliphatic heterocycles. The quantitative estimate of drug-likeness (QED) is 0.418. The second-order valence-corrected chi connectivity index (χ2v) is 7.81. The molecule has 1 saturated carbocycles. The van der Waals surface area contributed by atoms with Crippen LogP contribution in [0.2, 0.25) is 0 Å². The lowest BCUT2D eigenvalue weighted by Gasteiger charge is -2.34. The van der Waals surface area contributed by atoms with E-state index in [4.69, 9.17) is 5.11 Å². The Morgan fingerprint density at radius 1 is 1.12 bits per heavy atom. The molecule has 0 spiro atoms. The summed E-state index contributed by atoms with van der Waals surface area (Å²) in [5.74, 6) is -0.863. The molecule has 8 nitrogen and oxygen atoms in total. The molecule has 1 aliphatic carbocycles. The van der Waals surface area contributed by atoms with E-state index >= 15 is 0 Å². The lowest BCUT2D eigenvalue weighted by molar-refractivity contribution is -0.343. The highest BCUT2D eigenvalue weighted by Crippen LogP contribution is 2.38. The Balaban J connectivity index is 2.09. The fraction of sp³-hybridized carbons (Fsp3) is 0.571. The molecule has 2 rings (SSSR count). The first-order valence-corrected chi connectivity index (χ1v) is 10.5. The number of hydrogen-bond donors (Lipinski definition) is 4. The van der Waals surface area contributed by atoms with Crippen molar-refractivity contribution in [3.05, 3.63) is 35.4 Å². The Kier molecular flexibility index (Phi) is 9.30. The van der Waals surface area contributed by atoms with Gasteiger partial charge in [0.1, 0.15) is 0 Å². The summed E-state index contributed by atoms with van der Waals surface area (Å²) >= 11 is 0. The van der Waals surface area contributed by atoms with Crippen LogP contribution in [0.25, 0.3) is 0 Å². The van der Waals surface area contributed by atoms with Crippen molar-refractivity contribution in [3.8, 4) is 0 Å². The second kappa shape index (κ2) is 11.7. The Bertz CT molecular complexity index is 778. The first kappa shape index (κ1) is 25.4. The molecular formula is C21H28F3N3O5. The molecule has 32 heavy (non-hydrogen) atoms. The minimum absolute atomic E-state index is 0.0137. The van der Waals surface area contributed by atoms with Crippen molar-refractivity contribution in [3.63, 3.8) is 0 Å². The van der Waals surface area contributed by atoms with E-state index in [-0.39, 0.29) is 18.9 Å². The van der Waals surface area contributed by atoms with Crippen LogP contribution in [0.5, 0.6) is 0 Å². The molecule has 1 aromatic rings. The van der Waals surface area contributed by atoms with Gasteiger partial charge in [0.15, 0.2) is 0 Å². The molecule has 1 unspecified atom stereocenters. The zero-order chi connectivity index (χ0) is 23.7. The van der Waals surface area contributed by atoms with Crippen molar-refractivity contribution >= 4 is 17.9 Å². The molecule has 0 aromatic heterocycles. The molecule has 1 fully saturated rings. The second-order valence-electron chi connectivity index (χ2n) is 7.81. The van der Waals surface area contributed by atoms with Gasteiger partial charge in [0, 0.05) is 12.1 Å². The maximum absolute atomic E-state index is 12.2. The SMILES string of the molecule is CCC1CCC(C(NC(=O)NOC(F)(F)F)c2ccc(C(=O)NCCC(=O)O)cc2)CC1. The first-order chi connectivity index (χ1) is 15.1. The van der Waals surface area contributed by atoms with E-state index in [0.29, 0.717) is 17.0 Å². The minimum Gasteiger partial charge on any atom is -0.481 e. The van der Waals surface area contributed by atoms with Crippen molar-refractivity contribution < 1.29 is 37.5 Å². The summed E-state index contributed by atoms with van der Waals surface area (Å²) in [6.45, 7) is 2.10. The molecule has 178 valence electrons. The van der Waals surface area contributed by atoms with Gasteiger partial charge in [-0.05, 0) is 42.4 Å². The number of carboxylic acids is 1. The van der Waals surface area contributed by atoms with E-state index in [1.807, 2.05) is 0 Å². The standard InChI is InChI=1S/C21H28F3N3O5/c1-2-13-3-5-14(6-4-13)18(26-20(31)27-32-21(22,23)24)15-7-9-16(10-8-15)19(30)25-12-11-17(28)29/h7-10,13-14,18H,2-6,11-12H2,1H3,(H,25,30)(H,28,29)(H2,26,27,31). The van der Waals surface area contributed by atoms with Crippen molar-refractivity contribution in [1.82, 2.24) is 16.1 Å². The zero-order valence-corrected chi connectivity index (χ0v) is 17.7. The van der Waals surface area contributed by atoms with Crippen LogP contribution in [0.3, 0.4) is 0 Å². The number of carbonyl (C=O) groups is 3. The number of nitrogens with one attached hydrogen (secondary N) is 3. The third-order valence-electron chi connectivity index (χ3n) is 5.64. The summed E-state index contributed by atoms with van der Waals surface area (Å²) in [6, 6.07) is 4.65. The predicted molar refractivity (Wildman–Crippen MR) is 108 cm³/mol. The highest BCUT2D eigenvalue weighted by atomic mass is 19.4. The number of carboxylic acid groups (broad SMARTS) is 1. The fourth-order valence-electron chi connectivity index (χ4n) is 3.90. The topological polar surface area (TPSA) is 117 Å². The summed E-state index contributed by atoms with van der Waals surface area (Å²) < 4.78 is 36.7. The van der Waals surface area contributed by atoms with Gasteiger partial charge < -0.3 is 15.7 Å². The fourth-order valence-corrected chi connectivity index (χ4v) is 3.90. The van der Waals surface area contributed by atoms with Crippen LogP contribution in [0, 0.1) is 11.8 Å². The number of carbonyl (C=O) groups excluding carboxylic acids is 2. The molecule has 1 atom stereocenters. The normalized spacial score (nSPS) is 19.6. The summed E-state index contributed by atoms with van der Waals surface area (Å²) in [5.41, 5.74) is 2.31. The highest BCUT2D eigenvalue weighted by molar-refractivity contribution is 5.94. The zero-order valence-electron chi connectivity index (χ0n) is 17.7. The average molecular weight is 459 g/mol. The molecule has 0 heterocycles. The number of halogens is 3. The number of amides is 3. The summed E-state index contributed by atoms with van der Waals surface area (Å²) in [4.78, 5) is 38.1. The number of alkyl halides is 3. The number of urea groups is 1. The monoisotopic (exact) mass is 459 g/mol. The minimum atomic E-state index is -5.00. The van der Waals surface area contributed by atoms with Crippen LogP contribution in [0.1, 0.15) is 67.4 Å². The van der Waals surface area contributed by atoms with E-state index in [1.54, 1.807) is 12.1 Å². The van der Waals surface area contributed by atoms with E-state index in [9.17, 15) is 27.6 Å². The van der Waals surface area contributed by atoms with Gasteiger partial charge in [0.25, 0.3) is 5.91 Å². The Hall–Kier alpha value is -2.82. The average Bonchev–Trinajstić information content (AvgIpc) is 2.75. The van der Waals surface area contributed by atoms with Crippen LogP contribution < -0.4 is 16.1 Å². The van der Waals surface area contributed by atoms with E-state index in [2.05, 4.69) is 22.4 Å². The number of hydrogen-bond acceptors (Lipinski definition) is 4. The lowest BCUT2D eigenvalue weighted by atomic mass is 9.76. The van der Waals surface area contributed by atoms with Crippen molar-refractivity contribution in [2.24, 2.45) is 11.8 Å². The van der Waals surface area contributed by atoms with Crippen LogP contribution in [0.15, 0.2) is 24.3 Å². The molecule has 0 radical (unpaired) electrons. The number of aliphatic carboxylic acids is 1. The molecule has 1 aromatic carbocycles. The van der Waals surface area contributed by atoms with Gasteiger partial charge in [-0.15, -0.1) is 13.2 Å². The van der Waals surface area contributed by atoms with Crippen molar-refractivity contribution in [2.75, 3.05) is 6.54 Å². The lowest BCUT2D eigenvalue weighted by Crippen LogP contribution is -2.43. The van der Waals surface area contributed by atoms with Crippen molar-refractivity contribution in [1.29, 1.82) is 0 Å². The molecule has 11 heteroatoms. The predicted octanol–water partition coefficient (Wildman–Crippen LogP) is 3.90. The van der Waals surface area contributed by atoms with E-state index in [1.165, 1.54) is 17.6 Å². The Morgan fingerprint density at radius 3 is 2.28 bits per heavy atom. The largest absolute Gasteiger partial charge is 0.543 e. The van der Waals surface area contributed by atoms with Gasteiger partial charge in [-0.3, -0.25) is 9.59 Å². The third-order valence-corrected chi connectivity index (χ3v) is 5.64. The van der Waals surface area contributed by atoms with Gasteiger partial charge in [-0.25, -0.2) is 10.3 Å². The third kappa shape index (κ3) is 8.37. The number of rotatable bonds is 9. The maximum Gasteiger partial charge on any atom is 0.543 e. The van der Waals surface area contributed by atoms with Crippen LogP contribution in [-0.4, -0.2) is 35.9 Å². The molecule has 3 amide bonds. The van der Waals surface area contributed by atoms with Crippen LogP contribution >= 0.6 is 0 Å². The Morgan fingerprint density at radius 2 is 1.75 bits per heavy atom. The van der Waals surface area contributed by atoms with E-state index in [0.717, 1.165) is 32.1 Å². The Labute approximate surface area is 183 Å². The number of benzene rings is 1. The van der Waals surface area contributed by atoms with Gasteiger partial charge in [-0.2, -0.15) is 4.84 Å². The highest BCUT2D eigenvalue weighted by Gasteiger charge is 2.33. The maximum atomic E-state index is 12.2. The van der Waals surface area contributed by atoms with Gasteiger partial charge in [0.2, 0.25) is 0 Å².